The van der Waals surface area contributed by atoms with Gasteiger partial charge in [-0.25, -0.2) is 9.59 Å². The van der Waals surface area contributed by atoms with Gasteiger partial charge in [-0.05, 0) is 50.1 Å². The molecule has 0 bridgehead atoms. The first-order chi connectivity index (χ1) is 14.4. The molecule has 0 saturated carbocycles. The first-order valence-electron chi connectivity index (χ1n) is 9.62. The number of amides is 3. The van der Waals surface area contributed by atoms with Gasteiger partial charge in [0.2, 0.25) is 0 Å². The van der Waals surface area contributed by atoms with Gasteiger partial charge in [0, 0.05) is 12.6 Å². The van der Waals surface area contributed by atoms with Crippen LogP contribution in [-0.2, 0) is 16.0 Å². The molecule has 0 spiro atoms. The van der Waals surface area contributed by atoms with E-state index in [1.165, 1.54) is 6.07 Å². The average Bonchev–Trinajstić information content (AvgIpc) is 2.72. The van der Waals surface area contributed by atoms with Crippen LogP contribution in [0.3, 0.4) is 0 Å². The van der Waals surface area contributed by atoms with Gasteiger partial charge < -0.3 is 25.4 Å². The number of carbonyl (C=O) groups is 3. The highest BCUT2D eigenvalue weighted by Crippen LogP contribution is 2.16. The molecule has 8 heteroatoms. The Balaban J connectivity index is 1.80. The van der Waals surface area contributed by atoms with Crippen LogP contribution >= 0.6 is 0 Å². The second-order valence-electron chi connectivity index (χ2n) is 6.82. The molecule has 30 heavy (non-hydrogen) atoms. The fourth-order valence-corrected chi connectivity index (χ4v) is 2.59. The fourth-order valence-electron chi connectivity index (χ4n) is 2.59. The number of anilines is 1. The lowest BCUT2D eigenvalue weighted by molar-refractivity contribution is -0.124. The minimum Gasteiger partial charge on any atom is -0.497 e. The third-order valence-corrected chi connectivity index (χ3v) is 4.04. The third kappa shape index (κ3) is 7.46. The number of ether oxygens (including phenoxy) is 2. The molecule has 2 rings (SSSR count). The molecule has 0 aliphatic rings. The van der Waals surface area contributed by atoms with Crippen molar-refractivity contribution >= 4 is 23.6 Å². The third-order valence-electron chi connectivity index (χ3n) is 4.04. The van der Waals surface area contributed by atoms with Crippen molar-refractivity contribution in [2.45, 2.75) is 26.3 Å². The zero-order valence-electron chi connectivity index (χ0n) is 17.4. The van der Waals surface area contributed by atoms with Gasteiger partial charge in [-0.3, -0.25) is 4.79 Å². The van der Waals surface area contributed by atoms with Crippen molar-refractivity contribution in [3.05, 3.63) is 59.7 Å². The molecule has 3 N–H and O–H groups in total. The summed E-state index contributed by atoms with van der Waals surface area (Å²) in [4.78, 5) is 36.2. The number of esters is 1. The maximum absolute atomic E-state index is 12.3. The predicted molar refractivity (Wildman–Crippen MR) is 114 cm³/mol. The van der Waals surface area contributed by atoms with Crippen LogP contribution in [0.2, 0.25) is 0 Å². The normalized spacial score (nSPS) is 10.3. The van der Waals surface area contributed by atoms with Gasteiger partial charge in [0.25, 0.3) is 5.91 Å². The highest BCUT2D eigenvalue weighted by Gasteiger charge is 2.16. The van der Waals surface area contributed by atoms with E-state index < -0.39 is 24.5 Å². The van der Waals surface area contributed by atoms with Crippen LogP contribution in [0.5, 0.6) is 5.75 Å². The summed E-state index contributed by atoms with van der Waals surface area (Å²) >= 11 is 0. The second-order valence-corrected chi connectivity index (χ2v) is 6.82. The summed E-state index contributed by atoms with van der Waals surface area (Å²) in [5.41, 5.74) is 1.52. The van der Waals surface area contributed by atoms with E-state index in [0.29, 0.717) is 18.7 Å². The van der Waals surface area contributed by atoms with E-state index in [0.717, 1.165) is 11.3 Å². The van der Waals surface area contributed by atoms with Crippen LogP contribution in [0.1, 0.15) is 29.8 Å². The summed E-state index contributed by atoms with van der Waals surface area (Å²) in [6.45, 7) is 3.66. The highest BCUT2D eigenvalue weighted by molar-refractivity contribution is 6.01. The standard InChI is InChI=1S/C22H27N3O5/c1-15(2)24-22(28)25-19-7-5-4-6-18(19)21(27)30-14-20(26)23-13-12-16-8-10-17(29-3)11-9-16/h4-11,15H,12-14H2,1-3H3,(H,23,26)(H2,24,25,28). The van der Waals surface area contributed by atoms with Crippen LogP contribution in [0.15, 0.2) is 48.5 Å². The molecule has 8 nitrogen and oxygen atoms in total. The van der Waals surface area contributed by atoms with Gasteiger partial charge in [-0.15, -0.1) is 0 Å². The Labute approximate surface area is 175 Å². The SMILES string of the molecule is COc1ccc(CCNC(=O)COC(=O)c2ccccc2NC(=O)NC(C)C)cc1. The zero-order chi connectivity index (χ0) is 21.9. The minimum absolute atomic E-state index is 0.0503. The molecular weight excluding hydrogens is 386 g/mol. The van der Waals surface area contributed by atoms with E-state index in [9.17, 15) is 14.4 Å². The first-order valence-corrected chi connectivity index (χ1v) is 9.62. The number of rotatable bonds is 9. The number of benzene rings is 2. The Kier molecular flexibility index (Phi) is 8.68. The number of hydrogen-bond acceptors (Lipinski definition) is 5. The van der Waals surface area contributed by atoms with Crippen LogP contribution < -0.4 is 20.7 Å². The van der Waals surface area contributed by atoms with E-state index in [1.807, 2.05) is 38.1 Å². The molecular formula is C22H27N3O5. The smallest absolute Gasteiger partial charge is 0.340 e. The van der Waals surface area contributed by atoms with Gasteiger partial charge in [0.1, 0.15) is 5.75 Å². The molecule has 3 amide bonds. The second kappa shape index (κ2) is 11.5. The molecule has 2 aromatic carbocycles. The Morgan fingerprint density at radius 2 is 1.70 bits per heavy atom. The van der Waals surface area contributed by atoms with Gasteiger partial charge >= 0.3 is 12.0 Å². The van der Waals surface area contributed by atoms with Gasteiger partial charge in [-0.2, -0.15) is 0 Å². The Hall–Kier alpha value is -3.55. The van der Waals surface area contributed by atoms with E-state index in [-0.39, 0.29) is 11.6 Å². The summed E-state index contributed by atoms with van der Waals surface area (Å²) < 4.78 is 10.2. The molecule has 0 aliphatic carbocycles. The maximum atomic E-state index is 12.3. The number of methoxy groups -OCH3 is 1. The van der Waals surface area contributed by atoms with Crippen molar-refractivity contribution in [1.82, 2.24) is 10.6 Å². The monoisotopic (exact) mass is 413 g/mol. The molecule has 0 heterocycles. The Morgan fingerprint density at radius 1 is 1.00 bits per heavy atom. The maximum Gasteiger partial charge on any atom is 0.340 e. The molecule has 0 unspecified atom stereocenters. The molecule has 160 valence electrons. The predicted octanol–water partition coefficient (Wildman–Crippen LogP) is 2.74. The van der Waals surface area contributed by atoms with Crippen LogP contribution in [-0.4, -0.2) is 44.2 Å². The molecule has 0 radical (unpaired) electrons. The first kappa shape index (κ1) is 22.7. The molecule has 0 aromatic heterocycles. The quantitative estimate of drug-likeness (QED) is 0.548. The van der Waals surface area contributed by atoms with Crippen molar-refractivity contribution in [3.63, 3.8) is 0 Å². The van der Waals surface area contributed by atoms with Crippen molar-refractivity contribution in [1.29, 1.82) is 0 Å². The number of para-hydroxylation sites is 1. The summed E-state index contributed by atoms with van der Waals surface area (Å²) in [6.07, 6.45) is 0.640. The largest absolute Gasteiger partial charge is 0.497 e. The lowest BCUT2D eigenvalue weighted by atomic mass is 10.1. The van der Waals surface area contributed by atoms with E-state index in [1.54, 1.807) is 25.3 Å². The fraction of sp³-hybridized carbons (Fsp3) is 0.318. The lowest BCUT2D eigenvalue weighted by Gasteiger charge is -2.13. The summed E-state index contributed by atoms with van der Waals surface area (Å²) in [6, 6.07) is 13.5. The molecule has 0 fully saturated rings. The minimum atomic E-state index is -0.694. The molecule has 0 aliphatic heterocycles. The van der Waals surface area contributed by atoms with E-state index in [4.69, 9.17) is 9.47 Å². The summed E-state index contributed by atoms with van der Waals surface area (Å²) in [5.74, 6) is -0.327. The number of urea groups is 1. The van der Waals surface area contributed by atoms with E-state index in [2.05, 4.69) is 16.0 Å². The van der Waals surface area contributed by atoms with Crippen LogP contribution in [0.4, 0.5) is 10.5 Å². The summed E-state index contributed by atoms with van der Waals surface area (Å²) in [5, 5.41) is 8.00. The molecule has 0 atom stereocenters. The van der Waals surface area contributed by atoms with Crippen molar-refractivity contribution in [2.24, 2.45) is 0 Å². The Bertz CT molecular complexity index is 865. The van der Waals surface area contributed by atoms with Crippen LogP contribution in [0.25, 0.3) is 0 Å². The number of carbonyl (C=O) groups excluding carboxylic acids is 3. The van der Waals surface area contributed by atoms with Crippen molar-refractivity contribution in [2.75, 3.05) is 25.6 Å². The van der Waals surface area contributed by atoms with Gasteiger partial charge in [-0.1, -0.05) is 24.3 Å². The number of nitrogens with one attached hydrogen (secondary N) is 3. The van der Waals surface area contributed by atoms with Crippen molar-refractivity contribution < 1.29 is 23.9 Å². The topological polar surface area (TPSA) is 106 Å². The molecule has 2 aromatic rings. The molecule has 0 saturated heterocycles. The number of hydrogen-bond donors (Lipinski definition) is 3. The Morgan fingerprint density at radius 3 is 2.37 bits per heavy atom. The van der Waals surface area contributed by atoms with Crippen LogP contribution in [0, 0.1) is 0 Å². The van der Waals surface area contributed by atoms with E-state index >= 15 is 0 Å². The summed E-state index contributed by atoms with van der Waals surface area (Å²) in [7, 11) is 1.60. The zero-order valence-corrected chi connectivity index (χ0v) is 17.4. The van der Waals surface area contributed by atoms with Gasteiger partial charge in [0.15, 0.2) is 6.61 Å². The van der Waals surface area contributed by atoms with Crippen molar-refractivity contribution in [3.8, 4) is 5.75 Å². The lowest BCUT2D eigenvalue weighted by Crippen LogP contribution is -2.34. The average molecular weight is 413 g/mol. The van der Waals surface area contributed by atoms with Gasteiger partial charge in [0.05, 0.1) is 18.4 Å². The highest BCUT2D eigenvalue weighted by atomic mass is 16.5.